The molecule has 3 N–H and O–H groups in total. The molecule has 0 saturated carbocycles. The average Bonchev–Trinajstić information content (AvgIpc) is 3.31. The molecule has 9 nitrogen and oxygen atoms in total. The molecular weight excluding hydrogens is 470 g/mol. The highest BCUT2D eigenvalue weighted by molar-refractivity contribution is 6.05. The molecule has 3 aromatic rings. The third kappa shape index (κ3) is 8.11. The van der Waals surface area contributed by atoms with Crippen molar-refractivity contribution in [2.75, 3.05) is 32.9 Å². The lowest BCUT2D eigenvalue weighted by Crippen LogP contribution is -2.33. The number of imidazole rings is 1. The Balaban J connectivity index is 1.15. The van der Waals surface area contributed by atoms with Gasteiger partial charge in [0.05, 0.1) is 29.7 Å². The van der Waals surface area contributed by atoms with E-state index in [2.05, 4.69) is 39.2 Å². The van der Waals surface area contributed by atoms with E-state index in [9.17, 15) is 9.90 Å². The summed E-state index contributed by atoms with van der Waals surface area (Å²) in [6.45, 7) is 7.87. The number of aromatic nitrogens is 2. The number of hydrogen-bond acceptors (Lipinski definition) is 7. The largest absolute Gasteiger partial charge is 0.491 e. The Morgan fingerprint density at radius 2 is 1.97 bits per heavy atom. The van der Waals surface area contributed by atoms with Gasteiger partial charge >= 0.3 is 0 Å². The fourth-order valence-corrected chi connectivity index (χ4v) is 4.08. The van der Waals surface area contributed by atoms with E-state index in [4.69, 9.17) is 9.47 Å². The maximum absolute atomic E-state index is 11.3. The summed E-state index contributed by atoms with van der Waals surface area (Å²) in [5.74, 6) is 1.24. The fourth-order valence-electron chi connectivity index (χ4n) is 4.08. The first-order chi connectivity index (χ1) is 18.0. The van der Waals surface area contributed by atoms with Gasteiger partial charge in [-0.25, -0.2) is 10.4 Å². The summed E-state index contributed by atoms with van der Waals surface area (Å²) in [5.41, 5.74) is 7.52. The number of carbonyl (C=O) groups excluding carboxylic acids is 1. The lowest BCUT2D eigenvalue weighted by Gasteiger charge is -2.14. The van der Waals surface area contributed by atoms with Crippen LogP contribution in [0, 0.1) is 5.92 Å². The van der Waals surface area contributed by atoms with Crippen LogP contribution in [0.5, 0.6) is 5.75 Å². The van der Waals surface area contributed by atoms with E-state index >= 15 is 0 Å². The van der Waals surface area contributed by atoms with Crippen LogP contribution in [0.25, 0.3) is 11.0 Å². The Kier molecular flexibility index (Phi) is 9.65. The summed E-state index contributed by atoms with van der Waals surface area (Å²) in [5, 5.41) is 17.7. The second-order valence-corrected chi connectivity index (χ2v) is 9.77. The first-order valence-electron chi connectivity index (χ1n) is 13.0. The topological polar surface area (TPSA) is 110 Å². The van der Waals surface area contributed by atoms with Gasteiger partial charge in [-0.1, -0.05) is 32.0 Å². The number of fused-ring (bicyclic) bond motifs is 1. The number of hydrogen-bond donors (Lipinski definition) is 3. The second kappa shape index (κ2) is 13.3. The van der Waals surface area contributed by atoms with E-state index in [1.54, 1.807) is 0 Å². The van der Waals surface area contributed by atoms with Crippen LogP contribution in [0.4, 0.5) is 0 Å². The van der Waals surface area contributed by atoms with E-state index in [1.165, 1.54) is 5.56 Å². The molecule has 0 bridgehead atoms. The Bertz CT molecular complexity index is 1190. The SMILES string of the molecule is CC(C)COCCc1ccc(OCC(O)CNCCn2cnc3cc(C4=NNC(=O)CC4)ccc32)cc1. The highest BCUT2D eigenvalue weighted by atomic mass is 16.5. The molecule has 1 amide bonds. The van der Waals surface area contributed by atoms with Crippen LogP contribution in [-0.2, 0) is 22.5 Å². The molecule has 0 spiro atoms. The van der Waals surface area contributed by atoms with Gasteiger partial charge < -0.3 is 24.5 Å². The Labute approximate surface area is 217 Å². The van der Waals surface area contributed by atoms with Gasteiger partial charge in [-0.3, -0.25) is 4.79 Å². The van der Waals surface area contributed by atoms with Crippen LogP contribution in [0.2, 0.25) is 0 Å². The second-order valence-electron chi connectivity index (χ2n) is 9.77. The number of benzene rings is 2. The van der Waals surface area contributed by atoms with Crippen molar-refractivity contribution >= 4 is 22.7 Å². The Hall–Kier alpha value is -3.27. The van der Waals surface area contributed by atoms with E-state index in [0.717, 1.165) is 54.2 Å². The predicted molar refractivity (Wildman–Crippen MR) is 144 cm³/mol. The molecule has 2 heterocycles. The molecule has 1 unspecified atom stereocenters. The van der Waals surface area contributed by atoms with Gasteiger partial charge in [-0.15, -0.1) is 0 Å². The van der Waals surface area contributed by atoms with Gasteiger partial charge in [0.15, 0.2) is 0 Å². The minimum absolute atomic E-state index is 0.0499. The lowest BCUT2D eigenvalue weighted by molar-refractivity contribution is -0.121. The molecule has 198 valence electrons. The maximum Gasteiger partial charge on any atom is 0.240 e. The van der Waals surface area contributed by atoms with Crippen molar-refractivity contribution in [3.63, 3.8) is 0 Å². The molecule has 1 aliphatic heterocycles. The number of aliphatic hydroxyl groups is 1. The normalized spacial score (nSPS) is 14.6. The molecule has 0 fully saturated rings. The summed E-state index contributed by atoms with van der Waals surface area (Å²) in [6.07, 6.45) is 3.17. The molecule has 0 saturated heterocycles. The van der Waals surface area contributed by atoms with E-state index < -0.39 is 6.10 Å². The third-order valence-electron chi connectivity index (χ3n) is 6.12. The van der Waals surface area contributed by atoms with Crippen LogP contribution < -0.4 is 15.5 Å². The van der Waals surface area contributed by atoms with Crippen molar-refractivity contribution in [3.8, 4) is 5.75 Å². The van der Waals surface area contributed by atoms with Crippen molar-refractivity contribution in [1.82, 2.24) is 20.3 Å². The molecule has 0 aliphatic carbocycles. The average molecular weight is 508 g/mol. The van der Waals surface area contributed by atoms with Gasteiger partial charge in [-0.05, 0) is 42.2 Å². The Morgan fingerprint density at radius 1 is 1.14 bits per heavy atom. The van der Waals surface area contributed by atoms with Crippen molar-refractivity contribution in [1.29, 1.82) is 0 Å². The molecule has 1 aromatic heterocycles. The molecule has 9 heteroatoms. The van der Waals surface area contributed by atoms with Crippen LogP contribution >= 0.6 is 0 Å². The number of ether oxygens (including phenoxy) is 2. The van der Waals surface area contributed by atoms with Gasteiger partial charge in [0.25, 0.3) is 0 Å². The van der Waals surface area contributed by atoms with E-state index in [1.807, 2.05) is 48.8 Å². The number of aliphatic hydroxyl groups excluding tert-OH is 1. The van der Waals surface area contributed by atoms with Crippen LogP contribution in [0.3, 0.4) is 0 Å². The number of hydrazone groups is 1. The van der Waals surface area contributed by atoms with Gasteiger partial charge in [0.1, 0.15) is 18.5 Å². The smallest absolute Gasteiger partial charge is 0.240 e. The highest BCUT2D eigenvalue weighted by Crippen LogP contribution is 2.18. The van der Waals surface area contributed by atoms with Crippen LogP contribution in [0.1, 0.15) is 37.8 Å². The maximum atomic E-state index is 11.3. The monoisotopic (exact) mass is 507 g/mol. The number of amides is 1. The van der Waals surface area contributed by atoms with Crippen LogP contribution in [-0.4, -0.2) is 65.3 Å². The molecule has 4 rings (SSSR count). The number of nitrogens with one attached hydrogen (secondary N) is 2. The summed E-state index contributed by atoms with van der Waals surface area (Å²) in [4.78, 5) is 15.8. The van der Waals surface area contributed by atoms with Crippen molar-refractivity contribution < 1.29 is 19.4 Å². The Morgan fingerprint density at radius 3 is 2.73 bits per heavy atom. The summed E-state index contributed by atoms with van der Waals surface area (Å²) in [6, 6.07) is 14.0. The quantitative estimate of drug-likeness (QED) is 0.290. The van der Waals surface area contributed by atoms with E-state index in [-0.39, 0.29) is 12.5 Å². The van der Waals surface area contributed by atoms with Crippen molar-refractivity contribution in [2.45, 2.75) is 45.8 Å². The van der Waals surface area contributed by atoms with Gasteiger partial charge in [-0.2, -0.15) is 5.10 Å². The molecule has 1 atom stereocenters. The lowest BCUT2D eigenvalue weighted by atomic mass is 10.0. The minimum atomic E-state index is -0.608. The highest BCUT2D eigenvalue weighted by Gasteiger charge is 2.14. The summed E-state index contributed by atoms with van der Waals surface area (Å²) >= 11 is 0. The van der Waals surface area contributed by atoms with Crippen molar-refractivity contribution in [3.05, 3.63) is 59.9 Å². The van der Waals surface area contributed by atoms with Gasteiger partial charge in [0, 0.05) is 44.6 Å². The molecule has 1 aliphatic rings. The number of nitrogens with zero attached hydrogens (tertiary/aromatic N) is 3. The third-order valence-corrected chi connectivity index (χ3v) is 6.12. The first kappa shape index (κ1) is 26.8. The van der Waals surface area contributed by atoms with Crippen LogP contribution in [0.15, 0.2) is 53.9 Å². The predicted octanol–water partition coefficient (Wildman–Crippen LogP) is 2.90. The minimum Gasteiger partial charge on any atom is -0.491 e. The molecule has 2 aromatic carbocycles. The zero-order chi connectivity index (χ0) is 26.0. The zero-order valence-electron chi connectivity index (χ0n) is 21.7. The van der Waals surface area contributed by atoms with E-state index in [0.29, 0.717) is 31.8 Å². The fraction of sp³-hybridized carbons (Fsp3) is 0.464. The molecule has 37 heavy (non-hydrogen) atoms. The summed E-state index contributed by atoms with van der Waals surface area (Å²) < 4.78 is 13.5. The first-order valence-corrected chi connectivity index (χ1v) is 13.0. The van der Waals surface area contributed by atoms with Gasteiger partial charge in [0.2, 0.25) is 5.91 Å². The molecule has 0 radical (unpaired) electrons. The number of rotatable bonds is 14. The summed E-state index contributed by atoms with van der Waals surface area (Å²) in [7, 11) is 0. The number of carbonyl (C=O) groups is 1. The zero-order valence-corrected chi connectivity index (χ0v) is 21.7. The molecular formula is C28H37N5O4. The van der Waals surface area contributed by atoms with Crippen molar-refractivity contribution in [2.24, 2.45) is 11.0 Å². The standard InChI is InChI=1S/C28H37N5O4/c1-20(2)17-36-14-11-21-3-6-24(7-4-21)37-18-23(34)16-29-12-13-33-19-30-26-15-22(5-9-27(26)33)25-8-10-28(35)32-31-25/h3-7,9,15,19-20,23,29,34H,8,10-14,16-18H2,1-2H3,(H,32,35).